The smallest absolute Gasteiger partial charge is 0.309 e. The molecule has 0 aliphatic rings. The van der Waals surface area contributed by atoms with Gasteiger partial charge in [-0.05, 0) is 43.0 Å². The van der Waals surface area contributed by atoms with Crippen molar-refractivity contribution in [2.75, 3.05) is 7.11 Å². The lowest BCUT2D eigenvalue weighted by atomic mass is 9.93. The first kappa shape index (κ1) is 25.8. The van der Waals surface area contributed by atoms with Crippen LogP contribution in [0.15, 0.2) is 53.6 Å². The minimum Gasteiger partial charge on any atom is -0.481 e. The first-order valence-corrected chi connectivity index (χ1v) is 11.4. The molecule has 10 nitrogen and oxygen atoms in total. The predicted octanol–water partition coefficient (Wildman–Crippen LogP) is 2.62. The Labute approximate surface area is 209 Å². The first-order chi connectivity index (χ1) is 17.8. The minimum atomic E-state index is -1.23. The summed E-state index contributed by atoms with van der Waals surface area (Å²) >= 11 is 0. The van der Waals surface area contributed by atoms with E-state index in [0.29, 0.717) is 18.0 Å². The average Bonchev–Trinajstić information content (AvgIpc) is 2.90. The van der Waals surface area contributed by atoms with Crippen molar-refractivity contribution in [1.29, 1.82) is 0 Å². The molecule has 3 heterocycles. The molecule has 4 aromatic rings. The molecule has 37 heavy (non-hydrogen) atoms. The number of carboxylic acid groups (broad SMARTS) is 1. The van der Waals surface area contributed by atoms with Gasteiger partial charge in [0.05, 0.1) is 30.2 Å². The zero-order chi connectivity index (χ0) is 26.5. The lowest BCUT2D eigenvalue weighted by Crippen LogP contribution is -2.32. The third kappa shape index (κ3) is 5.92. The standard InChI is InChI=1S/C25H23F2N5O5/c1-37-23-7-4-15(13-29-23)20-5-2-14(12-28-20)3-6-22(33)16(25(35)36)8-9-32-24(34)17-10-18(26)19(27)11-21(17)30-31-32/h2,4-5,7,10-13,16,22,33H,3,6,8-9H2,1H3,(H,35,36)/t16-,22+/m0/s1. The van der Waals surface area contributed by atoms with Gasteiger partial charge in [-0.15, -0.1) is 5.10 Å². The van der Waals surface area contributed by atoms with Crippen LogP contribution in [-0.2, 0) is 17.8 Å². The molecule has 0 amide bonds. The van der Waals surface area contributed by atoms with Crippen molar-refractivity contribution in [2.45, 2.75) is 31.9 Å². The van der Waals surface area contributed by atoms with Crippen molar-refractivity contribution in [2.24, 2.45) is 5.92 Å². The number of aryl methyl sites for hydroxylation is 2. The number of nitrogens with zero attached hydrogens (tertiary/aromatic N) is 5. The Hall–Kier alpha value is -4.32. The topological polar surface area (TPSA) is 140 Å². The van der Waals surface area contributed by atoms with Crippen LogP contribution in [0.5, 0.6) is 5.88 Å². The van der Waals surface area contributed by atoms with Crippen LogP contribution in [0, 0.1) is 17.6 Å². The summed E-state index contributed by atoms with van der Waals surface area (Å²) in [5, 5.41) is 27.4. The van der Waals surface area contributed by atoms with Gasteiger partial charge < -0.3 is 14.9 Å². The highest BCUT2D eigenvalue weighted by Crippen LogP contribution is 2.20. The first-order valence-electron chi connectivity index (χ1n) is 11.4. The van der Waals surface area contributed by atoms with Gasteiger partial charge in [-0.1, -0.05) is 11.3 Å². The van der Waals surface area contributed by atoms with Crippen molar-refractivity contribution in [3.63, 3.8) is 0 Å². The molecule has 0 bridgehead atoms. The number of aliphatic carboxylic acids is 1. The number of aliphatic hydroxyl groups is 1. The maximum absolute atomic E-state index is 13.6. The molecule has 0 spiro atoms. The number of halogens is 2. The lowest BCUT2D eigenvalue weighted by molar-refractivity contribution is -0.146. The molecule has 0 aliphatic carbocycles. The number of rotatable bonds is 10. The number of hydrogen-bond acceptors (Lipinski definition) is 8. The fourth-order valence-corrected chi connectivity index (χ4v) is 3.87. The van der Waals surface area contributed by atoms with E-state index in [-0.39, 0.29) is 30.3 Å². The Kier molecular flexibility index (Phi) is 7.77. The number of pyridine rings is 2. The number of hydrogen-bond donors (Lipinski definition) is 2. The Bertz CT molecular complexity index is 1460. The van der Waals surface area contributed by atoms with E-state index in [9.17, 15) is 28.6 Å². The van der Waals surface area contributed by atoms with Crippen LogP contribution >= 0.6 is 0 Å². The monoisotopic (exact) mass is 511 g/mol. The average molecular weight is 511 g/mol. The van der Waals surface area contributed by atoms with Crippen LogP contribution in [0.4, 0.5) is 8.78 Å². The Morgan fingerprint density at radius 2 is 1.86 bits per heavy atom. The molecule has 2 N–H and O–H groups in total. The Balaban J connectivity index is 1.38. The van der Waals surface area contributed by atoms with Gasteiger partial charge in [0.2, 0.25) is 5.88 Å². The van der Waals surface area contributed by atoms with Gasteiger partial charge in [0.15, 0.2) is 11.6 Å². The van der Waals surface area contributed by atoms with E-state index in [4.69, 9.17) is 4.74 Å². The number of ether oxygens (including phenoxy) is 1. The van der Waals surface area contributed by atoms with E-state index in [0.717, 1.165) is 27.9 Å². The number of aliphatic hydroxyl groups excluding tert-OH is 1. The molecular formula is C25H23F2N5O5. The maximum atomic E-state index is 13.6. The van der Waals surface area contributed by atoms with Gasteiger partial charge in [-0.2, -0.15) is 0 Å². The summed E-state index contributed by atoms with van der Waals surface area (Å²) in [6, 6.07) is 8.69. The van der Waals surface area contributed by atoms with Gasteiger partial charge in [0.25, 0.3) is 5.56 Å². The molecule has 192 valence electrons. The van der Waals surface area contributed by atoms with Crippen LogP contribution in [-0.4, -0.2) is 54.4 Å². The highest BCUT2D eigenvalue weighted by molar-refractivity contribution is 5.76. The summed E-state index contributed by atoms with van der Waals surface area (Å²) in [6.07, 6.45) is 2.47. The molecule has 2 atom stereocenters. The molecule has 4 rings (SSSR count). The SMILES string of the molecule is COc1ccc(-c2ccc(CC[C@@H](O)[C@H](CCn3nnc4cc(F)c(F)cc4c3=O)C(=O)O)cn2)cn1. The van der Waals surface area contributed by atoms with Crippen LogP contribution in [0.25, 0.3) is 22.2 Å². The Morgan fingerprint density at radius 1 is 1.08 bits per heavy atom. The summed E-state index contributed by atoms with van der Waals surface area (Å²) in [5.41, 5.74) is 1.46. The third-order valence-corrected chi connectivity index (χ3v) is 5.99. The molecule has 0 fully saturated rings. The second-order valence-electron chi connectivity index (χ2n) is 8.38. The zero-order valence-corrected chi connectivity index (χ0v) is 19.7. The molecule has 3 aromatic heterocycles. The number of carbonyl (C=O) groups is 1. The summed E-state index contributed by atoms with van der Waals surface area (Å²) in [5.74, 6) is -4.29. The molecule has 12 heteroatoms. The summed E-state index contributed by atoms with van der Waals surface area (Å²) in [6.45, 7) is -0.180. The van der Waals surface area contributed by atoms with Crippen LogP contribution in [0.2, 0.25) is 0 Å². The van der Waals surface area contributed by atoms with Gasteiger partial charge >= 0.3 is 5.97 Å². The van der Waals surface area contributed by atoms with E-state index >= 15 is 0 Å². The van der Waals surface area contributed by atoms with E-state index in [1.54, 1.807) is 24.5 Å². The van der Waals surface area contributed by atoms with Gasteiger partial charge in [0.1, 0.15) is 5.52 Å². The largest absolute Gasteiger partial charge is 0.481 e. The summed E-state index contributed by atoms with van der Waals surface area (Å²) < 4.78 is 32.8. The predicted molar refractivity (Wildman–Crippen MR) is 128 cm³/mol. The van der Waals surface area contributed by atoms with Crippen molar-refractivity contribution in [1.82, 2.24) is 25.0 Å². The number of methoxy groups -OCH3 is 1. The lowest BCUT2D eigenvalue weighted by Gasteiger charge is -2.19. The molecule has 1 aromatic carbocycles. The van der Waals surface area contributed by atoms with Crippen LogP contribution in [0.3, 0.4) is 0 Å². The highest BCUT2D eigenvalue weighted by Gasteiger charge is 2.26. The number of carboxylic acids is 1. The summed E-state index contributed by atoms with van der Waals surface area (Å²) in [4.78, 5) is 32.9. The normalized spacial score (nSPS) is 12.9. The minimum absolute atomic E-state index is 0.113. The highest BCUT2D eigenvalue weighted by atomic mass is 19.2. The maximum Gasteiger partial charge on any atom is 0.309 e. The zero-order valence-electron chi connectivity index (χ0n) is 19.7. The van der Waals surface area contributed by atoms with E-state index < -0.39 is 35.2 Å². The second-order valence-corrected chi connectivity index (χ2v) is 8.38. The molecule has 0 saturated heterocycles. The molecule has 0 radical (unpaired) electrons. The fourth-order valence-electron chi connectivity index (χ4n) is 3.87. The third-order valence-electron chi connectivity index (χ3n) is 5.99. The van der Waals surface area contributed by atoms with Crippen molar-refractivity contribution in [3.8, 4) is 17.1 Å². The fraction of sp³-hybridized carbons (Fsp3) is 0.280. The summed E-state index contributed by atoms with van der Waals surface area (Å²) in [7, 11) is 1.53. The van der Waals surface area contributed by atoms with Crippen LogP contribution in [0.1, 0.15) is 18.4 Å². The van der Waals surface area contributed by atoms with E-state index in [2.05, 4.69) is 20.3 Å². The molecule has 0 saturated carbocycles. The number of aromatic nitrogens is 5. The van der Waals surface area contributed by atoms with Crippen LogP contribution < -0.4 is 10.3 Å². The Morgan fingerprint density at radius 3 is 2.51 bits per heavy atom. The van der Waals surface area contributed by atoms with Gasteiger partial charge in [0, 0.05) is 36.6 Å². The number of fused-ring (bicyclic) bond motifs is 1. The molecule has 0 unspecified atom stereocenters. The van der Waals surface area contributed by atoms with E-state index in [1.165, 1.54) is 7.11 Å². The van der Waals surface area contributed by atoms with Crippen molar-refractivity contribution in [3.05, 3.63) is 76.3 Å². The van der Waals surface area contributed by atoms with Gasteiger partial charge in [-0.25, -0.2) is 18.4 Å². The van der Waals surface area contributed by atoms with E-state index in [1.807, 2.05) is 12.1 Å². The second kappa shape index (κ2) is 11.2. The number of benzene rings is 1. The molecule has 0 aliphatic heterocycles. The molecular weight excluding hydrogens is 488 g/mol. The quantitative estimate of drug-likeness (QED) is 0.329. The van der Waals surface area contributed by atoms with Crippen molar-refractivity contribution < 1.29 is 28.5 Å². The van der Waals surface area contributed by atoms with Gasteiger partial charge in [-0.3, -0.25) is 14.6 Å². The van der Waals surface area contributed by atoms with Crippen molar-refractivity contribution >= 4 is 16.9 Å².